The number of hydrogen-bond donors (Lipinski definition) is 2. The number of carbonyl (C=O) groups excluding carboxylic acids is 1. The van der Waals surface area contributed by atoms with E-state index in [9.17, 15) is 14.7 Å². The lowest BCUT2D eigenvalue weighted by molar-refractivity contribution is -0.147. The maximum atomic E-state index is 12.4. The number of rotatable bonds is 5. The molecule has 0 saturated carbocycles. The molecule has 2 aliphatic heterocycles. The fourth-order valence-electron chi connectivity index (χ4n) is 3.78. The highest BCUT2D eigenvalue weighted by atomic mass is 16.4. The molecule has 2 N–H and O–H groups in total. The quantitative estimate of drug-likeness (QED) is 0.858. The van der Waals surface area contributed by atoms with Gasteiger partial charge in [-0.2, -0.15) is 0 Å². The summed E-state index contributed by atoms with van der Waals surface area (Å²) in [6, 6.07) is 10.6. The smallest absolute Gasteiger partial charge is 0.317 e. The third kappa shape index (κ3) is 4.12. The second-order valence-electron chi connectivity index (χ2n) is 7.48. The molecule has 0 aromatic heterocycles. The summed E-state index contributed by atoms with van der Waals surface area (Å²) < 4.78 is 0. The molecule has 0 radical (unpaired) electrons. The van der Waals surface area contributed by atoms with Gasteiger partial charge in [-0.05, 0) is 38.3 Å². The second kappa shape index (κ2) is 7.44. The standard InChI is InChI=1S/C19H27N3O3/c1-19(17(23)24)9-11-22(14-19)18(25)20-12-16-8-5-10-21(16)13-15-6-3-2-4-7-15/h2-4,6-7,16H,5,8-14H2,1H3,(H,20,25)(H,23,24). The summed E-state index contributed by atoms with van der Waals surface area (Å²) in [4.78, 5) is 27.7. The number of carboxylic acid groups (broad SMARTS) is 1. The van der Waals surface area contributed by atoms with E-state index >= 15 is 0 Å². The zero-order chi connectivity index (χ0) is 17.9. The van der Waals surface area contributed by atoms with Gasteiger partial charge >= 0.3 is 12.0 Å². The number of carboxylic acids is 1. The van der Waals surface area contributed by atoms with Gasteiger partial charge in [-0.25, -0.2) is 4.79 Å². The Labute approximate surface area is 148 Å². The zero-order valence-electron chi connectivity index (χ0n) is 14.8. The number of hydrogen-bond acceptors (Lipinski definition) is 3. The normalized spacial score (nSPS) is 26.8. The molecule has 2 heterocycles. The van der Waals surface area contributed by atoms with Crippen molar-refractivity contribution in [3.8, 4) is 0 Å². The Kier molecular flexibility index (Phi) is 5.27. The van der Waals surface area contributed by atoms with Crippen LogP contribution in [0, 0.1) is 5.41 Å². The number of aliphatic carboxylic acids is 1. The molecule has 2 saturated heterocycles. The van der Waals surface area contributed by atoms with Crippen LogP contribution in [0.1, 0.15) is 31.7 Å². The molecule has 0 spiro atoms. The van der Waals surface area contributed by atoms with Crippen molar-refractivity contribution in [3.63, 3.8) is 0 Å². The summed E-state index contributed by atoms with van der Waals surface area (Å²) in [5.74, 6) is -0.826. The Bertz CT molecular complexity index is 622. The fourth-order valence-corrected chi connectivity index (χ4v) is 3.78. The van der Waals surface area contributed by atoms with Gasteiger partial charge in [0.1, 0.15) is 0 Å². The van der Waals surface area contributed by atoms with Crippen molar-refractivity contribution in [1.82, 2.24) is 15.1 Å². The second-order valence-corrected chi connectivity index (χ2v) is 7.48. The number of urea groups is 1. The molecule has 2 aliphatic rings. The minimum atomic E-state index is -0.826. The molecular weight excluding hydrogens is 318 g/mol. The first kappa shape index (κ1) is 17.7. The van der Waals surface area contributed by atoms with Gasteiger partial charge in [-0.15, -0.1) is 0 Å². The predicted octanol–water partition coefficient (Wildman–Crippen LogP) is 2.16. The van der Waals surface area contributed by atoms with Gasteiger partial charge in [0.05, 0.1) is 5.41 Å². The predicted molar refractivity (Wildman–Crippen MR) is 95.2 cm³/mol. The van der Waals surface area contributed by atoms with Crippen LogP contribution in [0.5, 0.6) is 0 Å². The van der Waals surface area contributed by atoms with E-state index < -0.39 is 11.4 Å². The highest BCUT2D eigenvalue weighted by Gasteiger charge is 2.42. The molecular formula is C19H27N3O3. The summed E-state index contributed by atoms with van der Waals surface area (Å²) in [6.07, 6.45) is 2.74. The molecule has 2 unspecified atom stereocenters. The van der Waals surface area contributed by atoms with Crippen LogP contribution in [0.25, 0.3) is 0 Å². The van der Waals surface area contributed by atoms with Crippen LogP contribution in [-0.4, -0.2) is 59.1 Å². The van der Waals surface area contributed by atoms with E-state index in [2.05, 4.69) is 34.5 Å². The minimum absolute atomic E-state index is 0.142. The van der Waals surface area contributed by atoms with Crippen LogP contribution in [-0.2, 0) is 11.3 Å². The minimum Gasteiger partial charge on any atom is -0.481 e. The van der Waals surface area contributed by atoms with Crippen LogP contribution in [0.3, 0.4) is 0 Å². The largest absolute Gasteiger partial charge is 0.481 e. The highest BCUT2D eigenvalue weighted by Crippen LogP contribution is 2.30. The van der Waals surface area contributed by atoms with Crippen LogP contribution >= 0.6 is 0 Å². The Morgan fingerprint density at radius 1 is 1.28 bits per heavy atom. The lowest BCUT2D eigenvalue weighted by Crippen LogP contribution is -2.45. The molecule has 2 amide bonds. The average Bonchev–Trinajstić information content (AvgIpc) is 3.21. The summed E-state index contributed by atoms with van der Waals surface area (Å²) in [7, 11) is 0. The van der Waals surface area contributed by atoms with Crippen molar-refractivity contribution in [3.05, 3.63) is 35.9 Å². The van der Waals surface area contributed by atoms with Gasteiger partial charge in [0, 0.05) is 32.2 Å². The lowest BCUT2D eigenvalue weighted by Gasteiger charge is -2.26. The topological polar surface area (TPSA) is 72.9 Å². The van der Waals surface area contributed by atoms with Crippen molar-refractivity contribution in [2.24, 2.45) is 5.41 Å². The molecule has 3 rings (SSSR count). The van der Waals surface area contributed by atoms with Crippen molar-refractivity contribution >= 4 is 12.0 Å². The first-order chi connectivity index (χ1) is 12.0. The highest BCUT2D eigenvalue weighted by molar-refractivity contribution is 5.79. The van der Waals surface area contributed by atoms with Crippen LogP contribution in [0.4, 0.5) is 4.79 Å². The molecule has 1 aromatic rings. The Balaban J connectivity index is 1.49. The number of carbonyl (C=O) groups is 2. The van der Waals surface area contributed by atoms with E-state index in [4.69, 9.17) is 0 Å². The van der Waals surface area contributed by atoms with Gasteiger partial charge in [0.25, 0.3) is 0 Å². The molecule has 0 aliphatic carbocycles. The van der Waals surface area contributed by atoms with E-state index in [-0.39, 0.29) is 12.6 Å². The third-order valence-electron chi connectivity index (χ3n) is 5.49. The van der Waals surface area contributed by atoms with E-state index in [1.54, 1.807) is 11.8 Å². The van der Waals surface area contributed by atoms with Gasteiger partial charge in [-0.3, -0.25) is 9.69 Å². The molecule has 2 atom stereocenters. The first-order valence-electron chi connectivity index (χ1n) is 9.02. The van der Waals surface area contributed by atoms with Gasteiger partial charge in [0.2, 0.25) is 0 Å². The SMILES string of the molecule is CC1(C(=O)O)CCN(C(=O)NCC2CCCN2Cc2ccccc2)C1. The number of benzene rings is 1. The van der Waals surface area contributed by atoms with Gasteiger partial charge < -0.3 is 15.3 Å². The summed E-state index contributed by atoms with van der Waals surface area (Å²) in [6.45, 7) is 5.07. The number of amides is 2. The summed E-state index contributed by atoms with van der Waals surface area (Å²) in [5, 5.41) is 12.3. The van der Waals surface area contributed by atoms with E-state index in [0.717, 1.165) is 25.9 Å². The summed E-state index contributed by atoms with van der Waals surface area (Å²) in [5.41, 5.74) is 0.474. The number of nitrogens with one attached hydrogen (secondary N) is 1. The molecule has 2 fully saturated rings. The molecule has 6 nitrogen and oxygen atoms in total. The molecule has 136 valence electrons. The Hall–Kier alpha value is -2.08. The third-order valence-corrected chi connectivity index (χ3v) is 5.49. The Morgan fingerprint density at radius 3 is 2.72 bits per heavy atom. The molecule has 25 heavy (non-hydrogen) atoms. The maximum Gasteiger partial charge on any atom is 0.317 e. The van der Waals surface area contributed by atoms with Crippen molar-refractivity contribution in [2.45, 2.75) is 38.8 Å². The molecule has 6 heteroatoms. The summed E-state index contributed by atoms with van der Waals surface area (Å²) >= 11 is 0. The maximum absolute atomic E-state index is 12.4. The van der Waals surface area contributed by atoms with Crippen molar-refractivity contribution < 1.29 is 14.7 Å². The van der Waals surface area contributed by atoms with Crippen molar-refractivity contribution in [2.75, 3.05) is 26.2 Å². The average molecular weight is 345 g/mol. The van der Waals surface area contributed by atoms with E-state index in [1.807, 2.05) is 6.07 Å². The number of likely N-dealkylation sites (tertiary alicyclic amines) is 2. The van der Waals surface area contributed by atoms with Crippen LogP contribution < -0.4 is 5.32 Å². The van der Waals surface area contributed by atoms with Crippen LogP contribution in [0.2, 0.25) is 0 Å². The lowest BCUT2D eigenvalue weighted by atomic mass is 9.90. The fraction of sp³-hybridized carbons (Fsp3) is 0.579. The van der Waals surface area contributed by atoms with Crippen LogP contribution in [0.15, 0.2) is 30.3 Å². The zero-order valence-corrected chi connectivity index (χ0v) is 14.8. The number of nitrogens with zero attached hydrogens (tertiary/aromatic N) is 2. The first-order valence-corrected chi connectivity index (χ1v) is 9.02. The monoisotopic (exact) mass is 345 g/mol. The van der Waals surface area contributed by atoms with Gasteiger partial charge in [0.15, 0.2) is 0 Å². The van der Waals surface area contributed by atoms with E-state index in [0.29, 0.717) is 25.6 Å². The van der Waals surface area contributed by atoms with Gasteiger partial charge in [-0.1, -0.05) is 30.3 Å². The molecule has 1 aromatic carbocycles. The Morgan fingerprint density at radius 2 is 2.04 bits per heavy atom. The molecule has 0 bridgehead atoms. The van der Waals surface area contributed by atoms with E-state index in [1.165, 1.54) is 5.56 Å². The van der Waals surface area contributed by atoms with Crippen molar-refractivity contribution in [1.29, 1.82) is 0 Å².